The summed E-state index contributed by atoms with van der Waals surface area (Å²) in [4.78, 5) is 56.8. The van der Waals surface area contributed by atoms with E-state index in [-0.39, 0.29) is 53.1 Å². The lowest BCUT2D eigenvalue weighted by Gasteiger charge is -2.41. The molecule has 0 spiro atoms. The van der Waals surface area contributed by atoms with E-state index in [4.69, 9.17) is 9.47 Å². The molecule has 0 radical (unpaired) electrons. The lowest BCUT2D eigenvalue weighted by molar-refractivity contribution is -0.114. The Morgan fingerprint density at radius 2 is 1.62 bits per heavy atom. The molecule has 2 aliphatic heterocycles. The number of hydrogen-bond acceptors (Lipinski definition) is 6. The number of amides is 4. The molecule has 3 aliphatic rings. The summed E-state index contributed by atoms with van der Waals surface area (Å²) in [6, 6.07) is 9.33. The van der Waals surface area contributed by atoms with Crippen molar-refractivity contribution < 1.29 is 33.0 Å². The molecular formula is C37H49FN4O6. The molecule has 2 atom stereocenters. The van der Waals surface area contributed by atoms with Crippen LogP contribution in [0.1, 0.15) is 112 Å². The van der Waals surface area contributed by atoms with Crippen molar-refractivity contribution in [2.75, 3.05) is 38.0 Å². The van der Waals surface area contributed by atoms with E-state index in [1.807, 2.05) is 50.8 Å². The molecule has 3 fully saturated rings. The first-order chi connectivity index (χ1) is 22.8. The first-order valence-electron chi connectivity index (χ1n) is 17.3. The number of likely N-dealkylation sites (tertiary alicyclic amines) is 1. The van der Waals surface area contributed by atoms with Crippen molar-refractivity contribution >= 4 is 29.5 Å². The molecule has 11 heteroatoms. The van der Waals surface area contributed by atoms with E-state index in [1.54, 1.807) is 9.80 Å². The van der Waals surface area contributed by atoms with E-state index < -0.39 is 11.4 Å². The molecule has 5 rings (SSSR count). The van der Waals surface area contributed by atoms with E-state index in [9.17, 15) is 23.6 Å². The first kappa shape index (κ1) is 35.2. The van der Waals surface area contributed by atoms with E-state index >= 15 is 0 Å². The highest BCUT2D eigenvalue weighted by atomic mass is 19.1. The highest BCUT2D eigenvalue weighted by Gasteiger charge is 2.35. The standard InChI is InChI=1S/C37H49FN4O6/c1-6-30-22-40(34(44)27-18-28(38)21-29(19-27)39-24(2)43)16-17-42(30)35(45)26-12-13-33(32(20-26)25-10-8-7-9-11-25)47-31-14-15-41(23-31)36(46)48-37(3,4)5/h12-13,18-21,25,30-31H,6-11,14-17,22-23H2,1-5H3,(H,39,43)/t30-,31-/m0/s1. The summed E-state index contributed by atoms with van der Waals surface area (Å²) < 4.78 is 26.4. The third kappa shape index (κ3) is 8.65. The minimum Gasteiger partial charge on any atom is -0.488 e. The number of rotatable bonds is 7. The normalized spacial score (nSPS) is 20.4. The summed E-state index contributed by atoms with van der Waals surface area (Å²) in [6.45, 7) is 10.9. The van der Waals surface area contributed by atoms with Crippen LogP contribution in [0.25, 0.3) is 0 Å². The Bertz CT molecular complexity index is 1520. The van der Waals surface area contributed by atoms with E-state index in [1.165, 1.54) is 31.5 Å². The lowest BCUT2D eigenvalue weighted by atomic mass is 9.83. The molecule has 1 saturated carbocycles. The van der Waals surface area contributed by atoms with Gasteiger partial charge < -0.3 is 29.5 Å². The fraction of sp³-hybridized carbons (Fsp3) is 0.568. The van der Waals surface area contributed by atoms with Crippen molar-refractivity contribution in [1.29, 1.82) is 0 Å². The van der Waals surface area contributed by atoms with Crippen LogP contribution in [0.3, 0.4) is 0 Å². The number of hydrogen-bond donors (Lipinski definition) is 1. The van der Waals surface area contributed by atoms with Gasteiger partial charge in [0.1, 0.15) is 23.3 Å². The zero-order valence-electron chi connectivity index (χ0n) is 28.9. The number of nitrogens with one attached hydrogen (secondary N) is 1. The van der Waals surface area contributed by atoms with Gasteiger partial charge in [0.25, 0.3) is 11.8 Å². The van der Waals surface area contributed by atoms with Gasteiger partial charge in [-0.2, -0.15) is 0 Å². The molecular weight excluding hydrogens is 615 g/mol. The molecule has 2 aromatic carbocycles. The monoisotopic (exact) mass is 664 g/mol. The average molecular weight is 665 g/mol. The highest BCUT2D eigenvalue weighted by molar-refractivity contribution is 5.98. The third-order valence-corrected chi connectivity index (χ3v) is 9.36. The fourth-order valence-corrected chi connectivity index (χ4v) is 7.01. The van der Waals surface area contributed by atoms with Gasteiger partial charge in [-0.1, -0.05) is 26.2 Å². The molecule has 2 saturated heterocycles. The summed E-state index contributed by atoms with van der Waals surface area (Å²) in [7, 11) is 0. The number of nitrogens with zero attached hydrogens (tertiary/aromatic N) is 3. The van der Waals surface area contributed by atoms with Crippen molar-refractivity contribution in [3.05, 3.63) is 58.9 Å². The predicted molar refractivity (Wildman–Crippen MR) is 181 cm³/mol. The van der Waals surface area contributed by atoms with Gasteiger partial charge in [0.15, 0.2) is 0 Å². The van der Waals surface area contributed by atoms with Crippen molar-refractivity contribution in [3.63, 3.8) is 0 Å². The Labute approximate surface area is 282 Å². The smallest absolute Gasteiger partial charge is 0.410 e. The van der Waals surface area contributed by atoms with Crippen LogP contribution in [-0.2, 0) is 9.53 Å². The summed E-state index contributed by atoms with van der Waals surface area (Å²) in [6.07, 6.45) is 6.37. The zero-order valence-corrected chi connectivity index (χ0v) is 28.9. The maximum absolute atomic E-state index is 14.3. The number of piperazine rings is 1. The number of ether oxygens (including phenoxy) is 2. The highest BCUT2D eigenvalue weighted by Crippen LogP contribution is 2.39. The molecule has 260 valence electrons. The van der Waals surface area contributed by atoms with E-state index in [0.29, 0.717) is 51.1 Å². The zero-order chi connectivity index (χ0) is 34.6. The maximum atomic E-state index is 14.3. The van der Waals surface area contributed by atoms with Crippen molar-refractivity contribution in [1.82, 2.24) is 14.7 Å². The summed E-state index contributed by atoms with van der Waals surface area (Å²) in [5.74, 6) is -0.342. The second kappa shape index (κ2) is 15.0. The Balaban J connectivity index is 1.30. The van der Waals surface area contributed by atoms with Crippen LogP contribution in [-0.4, -0.2) is 89.0 Å². The van der Waals surface area contributed by atoms with Gasteiger partial charge in [-0.15, -0.1) is 0 Å². The quantitative estimate of drug-likeness (QED) is 0.358. The minimum atomic E-state index is -0.611. The molecule has 1 aliphatic carbocycles. The summed E-state index contributed by atoms with van der Waals surface area (Å²) >= 11 is 0. The maximum Gasteiger partial charge on any atom is 0.410 e. The van der Waals surface area contributed by atoms with Gasteiger partial charge >= 0.3 is 6.09 Å². The number of anilines is 1. The topological polar surface area (TPSA) is 108 Å². The molecule has 10 nitrogen and oxygen atoms in total. The molecule has 2 heterocycles. The van der Waals surface area contributed by atoms with E-state index in [0.717, 1.165) is 37.0 Å². The van der Waals surface area contributed by atoms with Crippen LogP contribution in [0.2, 0.25) is 0 Å². The van der Waals surface area contributed by atoms with Crippen LogP contribution in [0.5, 0.6) is 5.75 Å². The van der Waals surface area contributed by atoms with Gasteiger partial charge in [-0.25, -0.2) is 9.18 Å². The Morgan fingerprint density at radius 1 is 0.875 bits per heavy atom. The number of halogens is 1. The Morgan fingerprint density at radius 3 is 2.31 bits per heavy atom. The lowest BCUT2D eigenvalue weighted by Crippen LogP contribution is -2.56. The molecule has 1 N–H and O–H groups in total. The summed E-state index contributed by atoms with van der Waals surface area (Å²) in [5.41, 5.74) is 1.44. The van der Waals surface area contributed by atoms with Crippen LogP contribution >= 0.6 is 0 Å². The first-order valence-corrected chi connectivity index (χ1v) is 17.3. The Kier molecular flexibility index (Phi) is 11.0. The molecule has 2 aromatic rings. The van der Waals surface area contributed by atoms with Crippen LogP contribution in [0.4, 0.5) is 14.9 Å². The van der Waals surface area contributed by atoms with Crippen LogP contribution in [0, 0.1) is 5.82 Å². The van der Waals surface area contributed by atoms with Crippen molar-refractivity contribution in [2.24, 2.45) is 0 Å². The van der Waals surface area contributed by atoms with Crippen molar-refractivity contribution in [3.8, 4) is 5.75 Å². The molecule has 0 aromatic heterocycles. The predicted octanol–water partition coefficient (Wildman–Crippen LogP) is 6.60. The number of carbonyl (C=O) groups is 4. The SMILES string of the molecule is CC[C@H]1CN(C(=O)c2cc(F)cc(NC(C)=O)c2)CCN1C(=O)c1ccc(O[C@H]2CCN(C(=O)OC(C)(C)C)C2)c(C2CCCCC2)c1. The van der Waals surface area contributed by atoms with Crippen molar-refractivity contribution in [2.45, 2.75) is 103 Å². The van der Waals surface area contributed by atoms with Gasteiger partial charge in [-0.05, 0) is 87.9 Å². The molecule has 0 bridgehead atoms. The molecule has 4 amide bonds. The van der Waals surface area contributed by atoms with Gasteiger partial charge in [-0.3, -0.25) is 14.4 Å². The second-order valence-electron chi connectivity index (χ2n) is 14.3. The van der Waals surface area contributed by atoms with Gasteiger partial charge in [0.05, 0.1) is 6.54 Å². The average Bonchev–Trinajstić information content (AvgIpc) is 3.52. The number of carbonyl (C=O) groups excluding carboxylic acids is 4. The summed E-state index contributed by atoms with van der Waals surface area (Å²) in [5, 5.41) is 2.54. The van der Waals surface area contributed by atoms with Gasteiger partial charge in [0.2, 0.25) is 5.91 Å². The van der Waals surface area contributed by atoms with Crippen LogP contribution in [0.15, 0.2) is 36.4 Å². The minimum absolute atomic E-state index is 0.0896. The Hall–Kier alpha value is -4.15. The number of benzene rings is 2. The third-order valence-electron chi connectivity index (χ3n) is 9.36. The molecule has 48 heavy (non-hydrogen) atoms. The van der Waals surface area contributed by atoms with E-state index in [2.05, 4.69) is 5.32 Å². The second-order valence-corrected chi connectivity index (χ2v) is 14.3. The largest absolute Gasteiger partial charge is 0.488 e. The van der Waals surface area contributed by atoms with Crippen LogP contribution < -0.4 is 10.1 Å². The molecule has 0 unspecified atom stereocenters. The fourth-order valence-electron chi connectivity index (χ4n) is 7.01. The van der Waals surface area contributed by atoms with Gasteiger partial charge in [0, 0.05) is 62.4 Å².